The van der Waals surface area contributed by atoms with Crippen LogP contribution in [0.25, 0.3) is 10.9 Å². The normalized spacial score (nSPS) is 11.9. The van der Waals surface area contributed by atoms with Crippen LogP contribution < -0.4 is 5.56 Å². The molecule has 0 bridgehead atoms. The molecule has 9 heteroatoms. The number of nitro benzene ring substituents is 1. The minimum absolute atomic E-state index is 0.0691. The Labute approximate surface area is 185 Å². The second-order valence-corrected chi connectivity index (χ2v) is 7.73. The first-order valence-electron chi connectivity index (χ1n) is 10.7. The number of fused-ring (bicyclic) bond motifs is 1. The average molecular weight is 438 g/mol. The maximum atomic E-state index is 12.8. The molecule has 0 saturated heterocycles. The molecule has 0 spiro atoms. The smallest absolute Gasteiger partial charge is 0.338 e. The lowest BCUT2D eigenvalue weighted by molar-refractivity contribution is -0.384. The van der Waals surface area contributed by atoms with E-state index < -0.39 is 16.5 Å². The van der Waals surface area contributed by atoms with Crippen molar-refractivity contribution >= 4 is 22.6 Å². The van der Waals surface area contributed by atoms with Gasteiger partial charge in [0.15, 0.2) is 0 Å². The largest absolute Gasteiger partial charge is 0.462 e. The van der Waals surface area contributed by atoms with Gasteiger partial charge in [0.2, 0.25) is 0 Å². The third kappa shape index (κ3) is 5.54. The molecule has 0 aliphatic rings. The van der Waals surface area contributed by atoms with E-state index in [0.29, 0.717) is 23.7 Å². The van der Waals surface area contributed by atoms with Gasteiger partial charge in [0.1, 0.15) is 5.52 Å². The van der Waals surface area contributed by atoms with Crippen molar-refractivity contribution in [2.24, 2.45) is 5.92 Å². The Morgan fingerprint density at radius 1 is 1.22 bits per heavy atom. The topological polar surface area (TPSA) is 117 Å². The highest BCUT2D eigenvalue weighted by molar-refractivity contribution is 5.89. The van der Waals surface area contributed by atoms with E-state index in [2.05, 4.69) is 24.2 Å². The first kappa shape index (κ1) is 23.1. The standard InChI is InChI=1S/C23H26N4O5/c1-3-5-7-16(4-2)15-32-23(29)18-9-6-8-17(12-18)14-26-22(28)20-13-19(27(30)31)10-11-21(20)24-25-26/h6,8-13,16H,3-5,7,14-15H2,1-2H3. The van der Waals surface area contributed by atoms with Crippen molar-refractivity contribution in [2.45, 2.75) is 46.1 Å². The van der Waals surface area contributed by atoms with E-state index in [4.69, 9.17) is 4.74 Å². The van der Waals surface area contributed by atoms with Crippen molar-refractivity contribution in [3.63, 3.8) is 0 Å². The van der Waals surface area contributed by atoms with Gasteiger partial charge in [-0.05, 0) is 36.1 Å². The number of ether oxygens (including phenoxy) is 1. The highest BCUT2D eigenvalue weighted by atomic mass is 16.6. The number of hydrogen-bond donors (Lipinski definition) is 0. The van der Waals surface area contributed by atoms with Crippen molar-refractivity contribution in [1.82, 2.24) is 15.0 Å². The molecule has 0 aliphatic carbocycles. The van der Waals surface area contributed by atoms with Gasteiger partial charge in [0.25, 0.3) is 11.2 Å². The number of hydrogen-bond acceptors (Lipinski definition) is 7. The van der Waals surface area contributed by atoms with E-state index in [1.165, 1.54) is 18.2 Å². The van der Waals surface area contributed by atoms with Gasteiger partial charge in [0, 0.05) is 12.1 Å². The second-order valence-electron chi connectivity index (χ2n) is 7.73. The zero-order valence-corrected chi connectivity index (χ0v) is 18.2. The summed E-state index contributed by atoms with van der Waals surface area (Å²) in [5.74, 6) is -0.0630. The number of carbonyl (C=O) groups is 1. The summed E-state index contributed by atoms with van der Waals surface area (Å²) in [5.41, 5.74) is 0.656. The fourth-order valence-corrected chi connectivity index (χ4v) is 3.43. The van der Waals surface area contributed by atoms with Gasteiger partial charge >= 0.3 is 5.97 Å². The molecule has 0 saturated carbocycles. The highest BCUT2D eigenvalue weighted by Crippen LogP contribution is 2.17. The molecule has 9 nitrogen and oxygen atoms in total. The van der Waals surface area contributed by atoms with Crippen molar-refractivity contribution in [3.05, 3.63) is 74.1 Å². The fourth-order valence-electron chi connectivity index (χ4n) is 3.43. The van der Waals surface area contributed by atoms with Gasteiger partial charge in [-0.3, -0.25) is 14.9 Å². The highest BCUT2D eigenvalue weighted by Gasteiger charge is 2.14. The number of non-ortho nitro benzene ring substituents is 1. The number of carbonyl (C=O) groups excluding carboxylic acids is 1. The van der Waals surface area contributed by atoms with Crippen molar-refractivity contribution in [1.29, 1.82) is 0 Å². The summed E-state index contributed by atoms with van der Waals surface area (Å²) in [6, 6.07) is 10.7. The van der Waals surface area contributed by atoms with Crippen molar-refractivity contribution in [2.75, 3.05) is 6.61 Å². The van der Waals surface area contributed by atoms with Crippen LogP contribution >= 0.6 is 0 Å². The summed E-state index contributed by atoms with van der Waals surface area (Å²) in [6.45, 7) is 4.68. The van der Waals surface area contributed by atoms with Crippen LogP contribution in [0, 0.1) is 16.0 Å². The van der Waals surface area contributed by atoms with Gasteiger partial charge in [-0.15, -0.1) is 5.10 Å². The molecule has 1 atom stereocenters. The summed E-state index contributed by atoms with van der Waals surface area (Å²) >= 11 is 0. The summed E-state index contributed by atoms with van der Waals surface area (Å²) < 4.78 is 6.62. The Kier molecular flexibility index (Phi) is 7.64. The van der Waals surface area contributed by atoms with Gasteiger partial charge in [-0.1, -0.05) is 50.5 Å². The summed E-state index contributed by atoms with van der Waals surface area (Å²) in [4.78, 5) is 35.7. The predicted octanol–water partition coefficient (Wildman–Crippen LogP) is 4.12. The first-order valence-corrected chi connectivity index (χ1v) is 10.7. The maximum Gasteiger partial charge on any atom is 0.338 e. The Morgan fingerprint density at radius 2 is 2.03 bits per heavy atom. The number of rotatable bonds is 10. The molecule has 0 amide bonds. The molecule has 3 rings (SSSR count). The van der Waals surface area contributed by atoms with E-state index >= 15 is 0 Å². The van der Waals surface area contributed by atoms with Crippen LogP contribution in [0.4, 0.5) is 5.69 Å². The Bertz CT molecular complexity index is 1170. The molecule has 3 aromatic rings. The van der Waals surface area contributed by atoms with Crippen LogP contribution in [0.1, 0.15) is 55.5 Å². The number of aromatic nitrogens is 3. The molecule has 0 aliphatic heterocycles. The minimum Gasteiger partial charge on any atom is -0.462 e. The molecule has 1 heterocycles. The first-order chi connectivity index (χ1) is 15.4. The van der Waals surface area contributed by atoms with Crippen LogP contribution in [0.3, 0.4) is 0 Å². The average Bonchev–Trinajstić information content (AvgIpc) is 2.81. The van der Waals surface area contributed by atoms with Crippen molar-refractivity contribution < 1.29 is 14.5 Å². The monoisotopic (exact) mass is 438 g/mol. The van der Waals surface area contributed by atoms with E-state index in [1.807, 2.05) is 0 Å². The number of nitro groups is 1. The van der Waals surface area contributed by atoms with Gasteiger partial charge in [-0.25, -0.2) is 9.48 Å². The number of nitrogens with zero attached hydrogens (tertiary/aromatic N) is 4. The molecular formula is C23H26N4O5. The van der Waals surface area contributed by atoms with Gasteiger partial charge in [-0.2, -0.15) is 0 Å². The SMILES string of the molecule is CCCCC(CC)COC(=O)c1cccc(Cn2nnc3ccc([N+](=O)[O-])cc3c2=O)c1. The molecule has 1 aromatic heterocycles. The zero-order valence-electron chi connectivity index (χ0n) is 18.2. The predicted molar refractivity (Wildman–Crippen MR) is 120 cm³/mol. The molecule has 1 unspecified atom stereocenters. The van der Waals surface area contributed by atoms with Crippen molar-refractivity contribution in [3.8, 4) is 0 Å². The Morgan fingerprint density at radius 3 is 2.75 bits per heavy atom. The lowest BCUT2D eigenvalue weighted by Gasteiger charge is -2.14. The quantitative estimate of drug-likeness (QED) is 0.265. The van der Waals surface area contributed by atoms with E-state index in [1.54, 1.807) is 24.3 Å². The summed E-state index contributed by atoms with van der Waals surface area (Å²) in [5, 5.41) is 19.0. The number of benzene rings is 2. The molecule has 168 valence electrons. The molecule has 0 fully saturated rings. The summed E-state index contributed by atoms with van der Waals surface area (Å²) in [6.07, 6.45) is 4.20. The molecule has 32 heavy (non-hydrogen) atoms. The number of esters is 1. The minimum atomic E-state index is -0.565. The lowest BCUT2D eigenvalue weighted by Crippen LogP contribution is -2.25. The maximum absolute atomic E-state index is 12.8. The van der Waals surface area contributed by atoms with Crippen LogP contribution in [0.15, 0.2) is 47.3 Å². The summed E-state index contributed by atoms with van der Waals surface area (Å²) in [7, 11) is 0. The Hall–Kier alpha value is -3.62. The van der Waals surface area contributed by atoms with Crippen LogP contribution in [-0.2, 0) is 11.3 Å². The third-order valence-electron chi connectivity index (χ3n) is 5.40. The van der Waals surface area contributed by atoms with Crippen LogP contribution in [0.5, 0.6) is 0 Å². The third-order valence-corrected chi connectivity index (χ3v) is 5.40. The van der Waals surface area contributed by atoms with E-state index in [0.717, 1.165) is 30.4 Å². The lowest BCUT2D eigenvalue weighted by atomic mass is 10.0. The molecule has 0 N–H and O–H groups in total. The number of unbranched alkanes of at least 4 members (excludes halogenated alkanes) is 1. The Balaban J connectivity index is 1.76. The fraction of sp³-hybridized carbons (Fsp3) is 0.391. The van der Waals surface area contributed by atoms with Crippen LogP contribution in [0.2, 0.25) is 0 Å². The molecule has 2 aromatic carbocycles. The van der Waals surface area contributed by atoms with E-state index in [9.17, 15) is 19.7 Å². The molecular weight excluding hydrogens is 412 g/mol. The molecule has 0 radical (unpaired) electrons. The zero-order chi connectivity index (χ0) is 23.1. The van der Waals surface area contributed by atoms with E-state index in [-0.39, 0.29) is 23.1 Å². The van der Waals surface area contributed by atoms with Gasteiger partial charge < -0.3 is 4.74 Å². The second kappa shape index (κ2) is 10.6. The van der Waals surface area contributed by atoms with Crippen LogP contribution in [-0.4, -0.2) is 32.5 Å². The van der Waals surface area contributed by atoms with Gasteiger partial charge in [0.05, 0.1) is 29.0 Å².